The van der Waals surface area contributed by atoms with Crippen molar-refractivity contribution in [1.82, 2.24) is 9.97 Å². The second-order valence-corrected chi connectivity index (χ2v) is 7.79. The lowest BCUT2D eigenvalue weighted by Crippen LogP contribution is -2.19. The van der Waals surface area contributed by atoms with Gasteiger partial charge in [-0.2, -0.15) is 5.26 Å². The minimum Gasteiger partial charge on any atom is -0.476 e. The number of carboxylic acids is 1. The topological polar surface area (TPSA) is 116 Å². The van der Waals surface area contributed by atoms with Crippen LogP contribution in [0.4, 0.5) is 5.00 Å². The van der Waals surface area contributed by atoms with Gasteiger partial charge in [-0.15, -0.1) is 11.3 Å². The van der Waals surface area contributed by atoms with Crippen LogP contribution >= 0.6 is 11.3 Å². The van der Waals surface area contributed by atoms with E-state index in [4.69, 9.17) is 0 Å². The predicted molar refractivity (Wildman–Crippen MR) is 107 cm³/mol. The fourth-order valence-electron chi connectivity index (χ4n) is 3.63. The van der Waals surface area contributed by atoms with E-state index in [1.165, 1.54) is 29.3 Å². The second-order valence-electron chi connectivity index (χ2n) is 6.68. The standard InChI is InChI=1S/C21H16N4O3S/c22-11-15-14-7-6-13(12-4-2-1-3-5-12)10-16(14)29-20(15)25-19(26)17-18(21(27)28)24-9-8-23-17/h1-5,8-9,13H,6-7,10H2,(H,25,26)(H,27,28). The van der Waals surface area contributed by atoms with Crippen molar-refractivity contribution in [1.29, 1.82) is 5.26 Å². The Bertz CT molecular complexity index is 1130. The number of amides is 1. The number of nitriles is 1. The number of rotatable bonds is 4. The highest BCUT2D eigenvalue weighted by Gasteiger charge is 2.28. The van der Waals surface area contributed by atoms with Gasteiger partial charge < -0.3 is 10.4 Å². The summed E-state index contributed by atoms with van der Waals surface area (Å²) in [6, 6.07) is 12.4. The normalized spacial score (nSPS) is 15.2. The summed E-state index contributed by atoms with van der Waals surface area (Å²) in [6.45, 7) is 0. The van der Waals surface area contributed by atoms with Gasteiger partial charge in [0.15, 0.2) is 11.4 Å². The van der Waals surface area contributed by atoms with Crippen LogP contribution in [0, 0.1) is 11.3 Å². The van der Waals surface area contributed by atoms with Crippen molar-refractivity contribution >= 4 is 28.2 Å². The molecule has 1 aromatic carbocycles. The Balaban J connectivity index is 1.62. The minimum absolute atomic E-state index is 0.280. The Morgan fingerprint density at radius 3 is 2.59 bits per heavy atom. The Morgan fingerprint density at radius 2 is 1.90 bits per heavy atom. The third-order valence-electron chi connectivity index (χ3n) is 4.99. The van der Waals surface area contributed by atoms with Crippen molar-refractivity contribution in [3.8, 4) is 6.07 Å². The summed E-state index contributed by atoms with van der Waals surface area (Å²) in [5.74, 6) is -1.65. The van der Waals surface area contributed by atoms with Crippen LogP contribution in [0.25, 0.3) is 0 Å². The molecule has 0 fully saturated rings. The fourth-order valence-corrected chi connectivity index (χ4v) is 4.90. The number of benzene rings is 1. The summed E-state index contributed by atoms with van der Waals surface area (Å²) in [4.78, 5) is 32.6. The maximum absolute atomic E-state index is 12.6. The van der Waals surface area contributed by atoms with Gasteiger partial charge in [-0.05, 0) is 36.3 Å². The van der Waals surface area contributed by atoms with E-state index in [2.05, 4.69) is 33.5 Å². The first kappa shape index (κ1) is 18.8. The summed E-state index contributed by atoms with van der Waals surface area (Å²) in [6.07, 6.45) is 4.98. The van der Waals surface area contributed by atoms with E-state index in [-0.39, 0.29) is 5.69 Å². The van der Waals surface area contributed by atoms with E-state index in [0.717, 1.165) is 29.7 Å². The second kappa shape index (κ2) is 7.81. The molecule has 0 saturated heterocycles. The van der Waals surface area contributed by atoms with Crippen LogP contribution < -0.4 is 5.32 Å². The highest BCUT2D eigenvalue weighted by molar-refractivity contribution is 7.16. The Kier molecular flexibility index (Phi) is 5.06. The van der Waals surface area contributed by atoms with Crippen LogP contribution in [0.2, 0.25) is 0 Å². The summed E-state index contributed by atoms with van der Waals surface area (Å²) in [5.41, 5.74) is 1.98. The zero-order chi connectivity index (χ0) is 20.4. The number of anilines is 1. The van der Waals surface area contributed by atoms with Gasteiger partial charge in [0.1, 0.15) is 11.1 Å². The molecule has 1 aliphatic rings. The maximum atomic E-state index is 12.6. The molecule has 2 aromatic heterocycles. The van der Waals surface area contributed by atoms with Gasteiger partial charge in [-0.25, -0.2) is 14.8 Å². The van der Waals surface area contributed by atoms with Gasteiger partial charge in [0.05, 0.1) is 5.56 Å². The molecule has 4 rings (SSSR count). The average Bonchev–Trinajstić information content (AvgIpc) is 3.10. The third kappa shape index (κ3) is 3.60. The lowest BCUT2D eigenvalue weighted by atomic mass is 9.83. The van der Waals surface area contributed by atoms with Gasteiger partial charge in [0.2, 0.25) is 0 Å². The van der Waals surface area contributed by atoms with Crippen molar-refractivity contribution in [2.75, 3.05) is 5.32 Å². The number of nitrogens with one attached hydrogen (secondary N) is 1. The Labute approximate surface area is 170 Å². The van der Waals surface area contributed by atoms with Crippen LogP contribution in [-0.2, 0) is 12.8 Å². The smallest absolute Gasteiger partial charge is 0.356 e. The zero-order valence-electron chi connectivity index (χ0n) is 15.3. The monoisotopic (exact) mass is 404 g/mol. The molecule has 0 radical (unpaired) electrons. The van der Waals surface area contributed by atoms with Crippen LogP contribution in [0.1, 0.15) is 54.9 Å². The van der Waals surface area contributed by atoms with Gasteiger partial charge in [-0.3, -0.25) is 4.79 Å². The van der Waals surface area contributed by atoms with Crippen molar-refractivity contribution in [3.63, 3.8) is 0 Å². The molecule has 0 saturated carbocycles. The molecule has 1 aliphatic carbocycles. The molecule has 1 amide bonds. The number of nitrogens with zero attached hydrogens (tertiary/aromatic N) is 3. The quantitative estimate of drug-likeness (QED) is 0.686. The van der Waals surface area contributed by atoms with Gasteiger partial charge in [-0.1, -0.05) is 30.3 Å². The van der Waals surface area contributed by atoms with Crippen LogP contribution in [0.3, 0.4) is 0 Å². The van der Waals surface area contributed by atoms with Crippen molar-refractivity contribution < 1.29 is 14.7 Å². The van der Waals surface area contributed by atoms with Gasteiger partial charge in [0, 0.05) is 17.3 Å². The molecule has 0 spiro atoms. The number of aromatic nitrogens is 2. The summed E-state index contributed by atoms with van der Waals surface area (Å²) in [5, 5.41) is 22.0. The van der Waals surface area contributed by atoms with Crippen molar-refractivity contribution in [3.05, 3.63) is 75.7 Å². The highest BCUT2D eigenvalue weighted by atomic mass is 32.1. The van der Waals surface area contributed by atoms with Crippen molar-refractivity contribution in [2.24, 2.45) is 0 Å². The first-order chi connectivity index (χ1) is 14.1. The molecular weight excluding hydrogens is 388 g/mol. The molecule has 144 valence electrons. The van der Waals surface area contributed by atoms with Crippen LogP contribution in [-0.4, -0.2) is 27.0 Å². The zero-order valence-corrected chi connectivity index (χ0v) is 16.1. The van der Waals surface area contributed by atoms with E-state index in [1.807, 2.05) is 18.2 Å². The Hall–Kier alpha value is -3.57. The number of carbonyl (C=O) groups is 2. The lowest BCUT2D eigenvalue weighted by molar-refractivity contribution is 0.0685. The van der Waals surface area contributed by atoms with Gasteiger partial charge >= 0.3 is 5.97 Å². The van der Waals surface area contributed by atoms with Gasteiger partial charge in [0.25, 0.3) is 5.91 Å². The first-order valence-electron chi connectivity index (χ1n) is 9.03. The molecule has 1 unspecified atom stereocenters. The molecule has 7 nitrogen and oxygen atoms in total. The fraction of sp³-hybridized carbons (Fsp3) is 0.190. The van der Waals surface area contributed by atoms with E-state index >= 15 is 0 Å². The first-order valence-corrected chi connectivity index (χ1v) is 9.85. The lowest BCUT2D eigenvalue weighted by Gasteiger charge is -2.22. The SMILES string of the molecule is N#Cc1c(NC(=O)c2nccnc2C(=O)O)sc2c1CCC(c1ccccc1)C2. The summed E-state index contributed by atoms with van der Waals surface area (Å²) < 4.78 is 0. The number of hydrogen-bond donors (Lipinski definition) is 2. The largest absolute Gasteiger partial charge is 0.476 e. The molecular formula is C21H16N4O3S. The van der Waals surface area contributed by atoms with Crippen LogP contribution in [0.15, 0.2) is 42.7 Å². The molecule has 29 heavy (non-hydrogen) atoms. The molecule has 8 heteroatoms. The number of carboxylic acid groups (broad SMARTS) is 1. The molecule has 2 N–H and O–H groups in total. The third-order valence-corrected chi connectivity index (χ3v) is 6.16. The minimum atomic E-state index is -1.33. The van der Waals surface area contributed by atoms with E-state index in [0.29, 0.717) is 16.5 Å². The van der Waals surface area contributed by atoms with Crippen LogP contribution in [0.5, 0.6) is 0 Å². The van der Waals surface area contributed by atoms with E-state index in [1.54, 1.807) is 0 Å². The maximum Gasteiger partial charge on any atom is 0.356 e. The molecule has 1 atom stereocenters. The molecule has 2 heterocycles. The average molecular weight is 404 g/mol. The number of thiophene rings is 1. The van der Waals surface area contributed by atoms with E-state index < -0.39 is 17.6 Å². The molecule has 3 aromatic rings. The highest BCUT2D eigenvalue weighted by Crippen LogP contribution is 2.42. The number of fused-ring (bicyclic) bond motifs is 1. The number of hydrogen-bond acceptors (Lipinski definition) is 6. The van der Waals surface area contributed by atoms with Crippen molar-refractivity contribution in [2.45, 2.75) is 25.2 Å². The number of carbonyl (C=O) groups excluding carboxylic acids is 1. The molecule has 0 bridgehead atoms. The summed E-state index contributed by atoms with van der Waals surface area (Å²) in [7, 11) is 0. The molecule has 0 aliphatic heterocycles. The summed E-state index contributed by atoms with van der Waals surface area (Å²) >= 11 is 1.37. The Morgan fingerprint density at radius 1 is 1.17 bits per heavy atom. The van der Waals surface area contributed by atoms with E-state index in [9.17, 15) is 20.0 Å². The predicted octanol–water partition coefficient (Wildman–Crippen LogP) is 3.63. The number of aromatic carboxylic acids is 1.